The molecule has 1 aromatic carbocycles. The molecule has 0 aliphatic carbocycles. The summed E-state index contributed by atoms with van der Waals surface area (Å²) in [5, 5.41) is 8.61. The van der Waals surface area contributed by atoms with Gasteiger partial charge in [-0.3, -0.25) is 4.79 Å². The Balaban J connectivity index is 1.67. The molecule has 1 saturated heterocycles. The molecule has 3 rings (SSSR count). The molecule has 1 aliphatic heterocycles. The molecule has 1 fully saturated rings. The van der Waals surface area contributed by atoms with Gasteiger partial charge in [0.05, 0.1) is 49.9 Å². The van der Waals surface area contributed by atoms with Crippen LogP contribution in [0.5, 0.6) is 0 Å². The molecule has 1 unspecified atom stereocenters. The van der Waals surface area contributed by atoms with Crippen molar-refractivity contribution in [1.82, 2.24) is 19.9 Å². The molecule has 0 spiro atoms. The van der Waals surface area contributed by atoms with Crippen molar-refractivity contribution in [1.29, 1.82) is 0 Å². The molecule has 0 saturated carbocycles. The highest BCUT2D eigenvalue weighted by molar-refractivity contribution is 5.78. The van der Waals surface area contributed by atoms with E-state index in [1.165, 1.54) is 4.80 Å². The standard InChI is InChI=1S/C16H20N4O3/c1-22-11-15-12-23-8-7-19(15)16(21)9-13-10-17-20(18-13)14-5-3-2-4-6-14/h2-6,10,15H,7-9,11-12H2,1H3. The molecule has 7 heteroatoms. The monoisotopic (exact) mass is 316 g/mol. The van der Waals surface area contributed by atoms with Crippen molar-refractivity contribution < 1.29 is 14.3 Å². The Bertz CT molecular complexity index is 642. The number of rotatable bonds is 5. The Hall–Kier alpha value is -2.25. The zero-order valence-electron chi connectivity index (χ0n) is 13.1. The summed E-state index contributed by atoms with van der Waals surface area (Å²) in [5.74, 6) is 0.0236. The van der Waals surface area contributed by atoms with Crippen molar-refractivity contribution in [3.8, 4) is 5.69 Å². The highest BCUT2D eigenvalue weighted by Crippen LogP contribution is 2.11. The lowest BCUT2D eigenvalue weighted by atomic mass is 10.2. The summed E-state index contributed by atoms with van der Waals surface area (Å²) in [6.07, 6.45) is 1.86. The first-order chi connectivity index (χ1) is 11.3. The predicted molar refractivity (Wildman–Crippen MR) is 83.3 cm³/mol. The van der Waals surface area contributed by atoms with Crippen molar-refractivity contribution in [3.05, 3.63) is 42.2 Å². The number of ether oxygens (including phenoxy) is 2. The van der Waals surface area contributed by atoms with Crippen LogP contribution >= 0.6 is 0 Å². The van der Waals surface area contributed by atoms with Gasteiger partial charge in [0.15, 0.2) is 0 Å². The fourth-order valence-corrected chi connectivity index (χ4v) is 2.63. The number of hydrogen-bond donors (Lipinski definition) is 0. The van der Waals surface area contributed by atoms with Crippen molar-refractivity contribution in [2.75, 3.05) is 33.5 Å². The maximum absolute atomic E-state index is 12.5. The molecule has 122 valence electrons. The summed E-state index contributed by atoms with van der Waals surface area (Å²) in [6.45, 7) is 2.13. The average Bonchev–Trinajstić information content (AvgIpc) is 3.05. The molecule has 1 aliphatic rings. The number of amides is 1. The number of morpholine rings is 1. The zero-order valence-corrected chi connectivity index (χ0v) is 13.1. The van der Waals surface area contributed by atoms with Gasteiger partial charge in [-0.05, 0) is 12.1 Å². The average molecular weight is 316 g/mol. The molecule has 0 bridgehead atoms. The van der Waals surface area contributed by atoms with Gasteiger partial charge < -0.3 is 14.4 Å². The SMILES string of the molecule is COCC1COCCN1C(=O)Cc1cnn(-c2ccccc2)n1. The summed E-state index contributed by atoms with van der Waals surface area (Å²) in [6, 6.07) is 9.58. The predicted octanol–water partition coefficient (Wildman–Crippen LogP) is 0.684. The van der Waals surface area contributed by atoms with E-state index in [2.05, 4.69) is 10.2 Å². The van der Waals surface area contributed by atoms with E-state index >= 15 is 0 Å². The summed E-state index contributed by atoms with van der Waals surface area (Å²) in [7, 11) is 1.63. The Morgan fingerprint density at radius 1 is 1.39 bits per heavy atom. The lowest BCUT2D eigenvalue weighted by molar-refractivity contribution is -0.141. The number of carbonyl (C=O) groups is 1. The molecule has 0 radical (unpaired) electrons. The highest BCUT2D eigenvalue weighted by atomic mass is 16.5. The lowest BCUT2D eigenvalue weighted by Crippen LogP contribution is -2.51. The number of nitrogens with zero attached hydrogens (tertiary/aromatic N) is 4. The van der Waals surface area contributed by atoms with Crippen LogP contribution in [-0.2, 0) is 20.7 Å². The minimum atomic E-state index is -0.0366. The second-order valence-electron chi connectivity index (χ2n) is 5.41. The smallest absolute Gasteiger partial charge is 0.229 e. The number of para-hydroxylation sites is 1. The van der Waals surface area contributed by atoms with Gasteiger partial charge in [-0.1, -0.05) is 18.2 Å². The van der Waals surface area contributed by atoms with E-state index in [0.717, 1.165) is 5.69 Å². The van der Waals surface area contributed by atoms with Gasteiger partial charge in [0.1, 0.15) is 0 Å². The Morgan fingerprint density at radius 2 is 2.22 bits per heavy atom. The van der Waals surface area contributed by atoms with E-state index in [4.69, 9.17) is 9.47 Å². The van der Waals surface area contributed by atoms with Crippen LogP contribution in [0.15, 0.2) is 36.5 Å². The Labute approximate surface area is 134 Å². The highest BCUT2D eigenvalue weighted by Gasteiger charge is 2.27. The number of hydrogen-bond acceptors (Lipinski definition) is 5. The third kappa shape index (κ3) is 3.75. The summed E-state index contributed by atoms with van der Waals surface area (Å²) < 4.78 is 10.6. The van der Waals surface area contributed by atoms with Crippen LogP contribution in [-0.4, -0.2) is 65.3 Å². The number of methoxy groups -OCH3 is 1. The fourth-order valence-electron chi connectivity index (χ4n) is 2.63. The van der Waals surface area contributed by atoms with E-state index < -0.39 is 0 Å². The molecule has 23 heavy (non-hydrogen) atoms. The molecule has 1 atom stereocenters. The zero-order chi connectivity index (χ0) is 16.1. The molecule has 1 amide bonds. The Morgan fingerprint density at radius 3 is 3.00 bits per heavy atom. The van der Waals surface area contributed by atoms with Crippen LogP contribution < -0.4 is 0 Å². The van der Waals surface area contributed by atoms with E-state index in [0.29, 0.717) is 32.1 Å². The maximum atomic E-state index is 12.5. The van der Waals surface area contributed by atoms with Gasteiger partial charge in [0, 0.05) is 13.7 Å². The summed E-state index contributed by atoms with van der Waals surface area (Å²) in [4.78, 5) is 15.9. The quantitative estimate of drug-likeness (QED) is 0.811. The minimum Gasteiger partial charge on any atom is -0.382 e. The first-order valence-electron chi connectivity index (χ1n) is 7.60. The van der Waals surface area contributed by atoms with Crippen LogP contribution in [0.2, 0.25) is 0 Å². The van der Waals surface area contributed by atoms with Crippen LogP contribution in [0.3, 0.4) is 0 Å². The van der Waals surface area contributed by atoms with Crippen LogP contribution in [0.4, 0.5) is 0 Å². The maximum Gasteiger partial charge on any atom is 0.229 e. The van der Waals surface area contributed by atoms with Gasteiger partial charge in [-0.15, -0.1) is 0 Å². The van der Waals surface area contributed by atoms with Gasteiger partial charge in [0.2, 0.25) is 5.91 Å². The van der Waals surface area contributed by atoms with E-state index in [1.807, 2.05) is 35.2 Å². The van der Waals surface area contributed by atoms with Gasteiger partial charge >= 0.3 is 0 Å². The van der Waals surface area contributed by atoms with Crippen molar-refractivity contribution >= 4 is 5.91 Å². The largest absolute Gasteiger partial charge is 0.382 e. The number of benzene rings is 1. The molecule has 0 N–H and O–H groups in total. The van der Waals surface area contributed by atoms with E-state index in [-0.39, 0.29) is 18.4 Å². The molecular weight excluding hydrogens is 296 g/mol. The molecule has 7 nitrogen and oxygen atoms in total. The van der Waals surface area contributed by atoms with Crippen LogP contribution in [0, 0.1) is 0 Å². The number of aromatic nitrogens is 3. The molecule has 2 heterocycles. The van der Waals surface area contributed by atoms with E-state index in [9.17, 15) is 4.79 Å². The second kappa shape index (κ2) is 7.34. The summed E-state index contributed by atoms with van der Waals surface area (Å²) in [5.41, 5.74) is 1.52. The normalized spacial score (nSPS) is 18.1. The first kappa shape index (κ1) is 15.6. The van der Waals surface area contributed by atoms with Gasteiger partial charge in [-0.25, -0.2) is 0 Å². The van der Waals surface area contributed by atoms with Crippen molar-refractivity contribution in [2.24, 2.45) is 0 Å². The van der Waals surface area contributed by atoms with Gasteiger partial charge in [0.25, 0.3) is 0 Å². The third-order valence-electron chi connectivity index (χ3n) is 3.77. The minimum absolute atomic E-state index is 0.0236. The second-order valence-corrected chi connectivity index (χ2v) is 5.41. The van der Waals surface area contributed by atoms with Crippen LogP contribution in [0.25, 0.3) is 5.69 Å². The lowest BCUT2D eigenvalue weighted by Gasteiger charge is -2.35. The van der Waals surface area contributed by atoms with Crippen molar-refractivity contribution in [3.63, 3.8) is 0 Å². The summed E-state index contributed by atoms with van der Waals surface area (Å²) >= 11 is 0. The molecule has 1 aromatic heterocycles. The molecule has 2 aromatic rings. The molecular formula is C16H20N4O3. The topological polar surface area (TPSA) is 69.5 Å². The first-order valence-corrected chi connectivity index (χ1v) is 7.60. The fraction of sp³-hybridized carbons (Fsp3) is 0.438. The van der Waals surface area contributed by atoms with Gasteiger partial charge in [-0.2, -0.15) is 15.0 Å². The van der Waals surface area contributed by atoms with E-state index in [1.54, 1.807) is 13.3 Å². The Kier molecular flexibility index (Phi) is 4.99. The third-order valence-corrected chi connectivity index (χ3v) is 3.77. The van der Waals surface area contributed by atoms with Crippen molar-refractivity contribution in [2.45, 2.75) is 12.5 Å². The van der Waals surface area contributed by atoms with Crippen LogP contribution in [0.1, 0.15) is 5.69 Å². The number of carbonyl (C=O) groups excluding carboxylic acids is 1.